The number of piperazine rings is 1. The summed E-state index contributed by atoms with van der Waals surface area (Å²) in [4.78, 5) is 51.9. The van der Waals surface area contributed by atoms with Crippen molar-refractivity contribution in [2.45, 2.75) is 51.7 Å². The van der Waals surface area contributed by atoms with E-state index in [0.29, 0.717) is 52.8 Å². The van der Waals surface area contributed by atoms with Gasteiger partial charge in [-0.1, -0.05) is 0 Å². The van der Waals surface area contributed by atoms with Crippen molar-refractivity contribution in [1.29, 1.82) is 0 Å². The van der Waals surface area contributed by atoms with Crippen LogP contribution in [0, 0.1) is 5.82 Å². The molecule has 0 saturated carbocycles. The smallest absolute Gasteiger partial charge is 0.302 e. The van der Waals surface area contributed by atoms with Crippen LogP contribution in [0.2, 0.25) is 0 Å². The van der Waals surface area contributed by atoms with Gasteiger partial charge in [-0.3, -0.25) is 14.5 Å². The number of benzene rings is 2. The largest absolute Gasteiger partial charge is 0.461 e. The van der Waals surface area contributed by atoms with Gasteiger partial charge in [-0.2, -0.15) is 0 Å². The molecular weight excluding hydrogens is 684 g/mol. The fourth-order valence-electron chi connectivity index (χ4n) is 7.85. The van der Waals surface area contributed by atoms with Gasteiger partial charge >= 0.3 is 5.97 Å². The second kappa shape index (κ2) is 13.6. The highest BCUT2D eigenvalue weighted by Crippen LogP contribution is 2.41. The lowest BCUT2D eigenvalue weighted by atomic mass is 9.91. The SMILES string of the molecule is CC(=O)OCc1c(-c2nc(Nc3ccc(N4CCN(C5COC5)CC4)cc3)c3nc[nH]c3n2)cc(F)cc1N1CCc2c(sc3c2CCCC3)C1=O. The Kier molecular flexibility index (Phi) is 8.60. The number of nitrogens with one attached hydrogen (secondary N) is 2. The van der Waals surface area contributed by atoms with Crippen LogP contribution >= 0.6 is 11.3 Å². The van der Waals surface area contributed by atoms with E-state index in [1.165, 1.54) is 35.8 Å². The summed E-state index contributed by atoms with van der Waals surface area (Å²) < 4.78 is 26.6. The molecule has 1 amide bonds. The molecule has 14 heteroatoms. The normalized spacial score (nSPS) is 17.9. The molecule has 0 radical (unpaired) electrons. The third-order valence-electron chi connectivity index (χ3n) is 10.7. The Balaban J connectivity index is 1.03. The number of carbonyl (C=O) groups excluding carboxylic acids is 2. The molecule has 0 spiro atoms. The Labute approximate surface area is 304 Å². The topological polar surface area (TPSA) is 129 Å². The molecule has 9 rings (SSSR count). The Hall–Kier alpha value is -4.92. The summed E-state index contributed by atoms with van der Waals surface area (Å²) in [6.45, 7) is 7.12. The second-order valence-electron chi connectivity index (χ2n) is 13.8. The molecule has 0 unspecified atom stereocenters. The number of nitrogens with zero attached hydrogens (tertiary/aromatic N) is 6. The van der Waals surface area contributed by atoms with Crippen molar-refractivity contribution in [3.8, 4) is 11.4 Å². The number of rotatable bonds is 8. The molecule has 52 heavy (non-hydrogen) atoms. The monoisotopic (exact) mass is 722 g/mol. The van der Waals surface area contributed by atoms with Crippen LogP contribution in [-0.2, 0) is 40.1 Å². The molecule has 0 bridgehead atoms. The average Bonchev–Trinajstić information content (AvgIpc) is 3.77. The molecular formula is C38H39FN8O4S. The molecule has 2 N–H and O–H groups in total. The van der Waals surface area contributed by atoms with Gasteiger partial charge in [-0.15, -0.1) is 11.3 Å². The summed E-state index contributed by atoms with van der Waals surface area (Å²) in [7, 11) is 0. The quantitative estimate of drug-likeness (QED) is 0.195. The molecule has 2 saturated heterocycles. The molecule has 1 aliphatic carbocycles. The predicted molar refractivity (Wildman–Crippen MR) is 197 cm³/mol. The number of aromatic amines is 1. The van der Waals surface area contributed by atoms with Gasteiger partial charge in [0, 0.05) is 67.0 Å². The van der Waals surface area contributed by atoms with Gasteiger partial charge in [0.15, 0.2) is 22.8 Å². The number of anilines is 4. The standard InChI is InChI=1S/C38H39FN8O4S/c1-22(48)51-20-30-29(16-23(39)17-31(30)47-11-10-28-27-4-2-3-5-32(27)52-34(28)38(47)49)35-43-36-33(40-21-41-36)37(44-35)42-24-6-8-25(9-7-24)45-12-14-46(15-13-45)26-18-50-19-26/h6-9,16-17,21,26H,2-5,10-15,18-20H2,1H3,(H2,40,41,42,43,44). The first-order valence-corrected chi connectivity index (χ1v) is 18.8. The number of ether oxygens (including phenoxy) is 2. The molecule has 6 heterocycles. The number of amides is 1. The first kappa shape index (κ1) is 33.0. The summed E-state index contributed by atoms with van der Waals surface area (Å²) >= 11 is 1.57. The predicted octanol–water partition coefficient (Wildman–Crippen LogP) is 5.63. The third kappa shape index (κ3) is 6.07. The fourth-order valence-corrected chi connectivity index (χ4v) is 9.24. The number of hydrogen-bond acceptors (Lipinski definition) is 11. The molecule has 12 nitrogen and oxygen atoms in total. The zero-order chi connectivity index (χ0) is 35.3. The zero-order valence-corrected chi connectivity index (χ0v) is 29.7. The average molecular weight is 723 g/mol. The number of fused-ring (bicyclic) bond motifs is 4. The summed E-state index contributed by atoms with van der Waals surface area (Å²) in [5.41, 5.74) is 6.50. The number of thiophene rings is 1. The number of aromatic nitrogens is 4. The van der Waals surface area contributed by atoms with Crippen LogP contribution < -0.4 is 15.1 Å². The zero-order valence-electron chi connectivity index (χ0n) is 28.9. The number of hydrogen-bond donors (Lipinski definition) is 2. The summed E-state index contributed by atoms with van der Waals surface area (Å²) in [5.74, 6) is -0.583. The van der Waals surface area contributed by atoms with Crippen LogP contribution in [0.5, 0.6) is 0 Å². The van der Waals surface area contributed by atoms with Gasteiger partial charge in [0.25, 0.3) is 5.91 Å². The highest BCUT2D eigenvalue weighted by Gasteiger charge is 2.34. The maximum Gasteiger partial charge on any atom is 0.302 e. The Bertz CT molecular complexity index is 2170. The van der Waals surface area contributed by atoms with Crippen LogP contribution in [0.1, 0.15) is 51.0 Å². The molecule has 2 aromatic carbocycles. The van der Waals surface area contributed by atoms with Gasteiger partial charge in [0.1, 0.15) is 12.4 Å². The molecule has 5 aromatic rings. The van der Waals surface area contributed by atoms with Crippen LogP contribution in [0.15, 0.2) is 42.7 Å². The number of halogens is 1. The van der Waals surface area contributed by atoms with Crippen molar-refractivity contribution in [2.24, 2.45) is 0 Å². The first-order chi connectivity index (χ1) is 25.4. The molecule has 3 aliphatic heterocycles. The fraction of sp³-hybridized carbons (Fsp3) is 0.395. The van der Waals surface area contributed by atoms with E-state index in [2.05, 4.69) is 37.2 Å². The first-order valence-electron chi connectivity index (χ1n) is 18.0. The van der Waals surface area contributed by atoms with E-state index in [0.717, 1.165) is 86.9 Å². The van der Waals surface area contributed by atoms with E-state index in [9.17, 15) is 9.59 Å². The number of esters is 1. The van der Waals surface area contributed by atoms with Crippen molar-refractivity contribution >= 4 is 57.3 Å². The lowest BCUT2D eigenvalue weighted by molar-refractivity contribution is -0.142. The summed E-state index contributed by atoms with van der Waals surface area (Å²) in [5, 5.41) is 3.40. The number of carbonyl (C=O) groups is 2. The summed E-state index contributed by atoms with van der Waals surface area (Å²) in [6, 6.07) is 11.4. The highest BCUT2D eigenvalue weighted by atomic mass is 32.1. The maximum absolute atomic E-state index is 15.7. The Morgan fingerprint density at radius 2 is 1.85 bits per heavy atom. The molecule has 0 atom stereocenters. The van der Waals surface area contributed by atoms with Crippen LogP contribution in [0.4, 0.5) is 27.3 Å². The van der Waals surface area contributed by atoms with Gasteiger partial charge in [0.2, 0.25) is 0 Å². The van der Waals surface area contributed by atoms with Crippen LogP contribution in [0.25, 0.3) is 22.6 Å². The van der Waals surface area contributed by atoms with Crippen molar-refractivity contribution in [3.05, 3.63) is 75.0 Å². The Morgan fingerprint density at radius 1 is 1.04 bits per heavy atom. The van der Waals surface area contributed by atoms with Gasteiger partial charge in [-0.05, 0) is 79.6 Å². The molecule has 4 aliphatic rings. The minimum atomic E-state index is -0.555. The number of imidazole rings is 1. The van der Waals surface area contributed by atoms with Crippen molar-refractivity contribution in [2.75, 3.05) is 61.1 Å². The lowest BCUT2D eigenvalue weighted by Gasteiger charge is -2.43. The van der Waals surface area contributed by atoms with E-state index in [-0.39, 0.29) is 18.3 Å². The van der Waals surface area contributed by atoms with Crippen molar-refractivity contribution < 1.29 is 23.5 Å². The number of aryl methyl sites for hydroxylation is 1. The van der Waals surface area contributed by atoms with Gasteiger partial charge in [0.05, 0.1) is 36.1 Å². The van der Waals surface area contributed by atoms with Crippen molar-refractivity contribution in [1.82, 2.24) is 24.8 Å². The summed E-state index contributed by atoms with van der Waals surface area (Å²) in [6.07, 6.45) is 6.46. The maximum atomic E-state index is 15.7. The lowest BCUT2D eigenvalue weighted by Crippen LogP contribution is -2.56. The molecule has 268 valence electrons. The minimum absolute atomic E-state index is 0.160. The van der Waals surface area contributed by atoms with E-state index in [1.807, 2.05) is 12.1 Å². The number of H-pyrrole nitrogens is 1. The van der Waals surface area contributed by atoms with E-state index in [4.69, 9.17) is 19.4 Å². The van der Waals surface area contributed by atoms with E-state index >= 15 is 4.39 Å². The molecule has 2 fully saturated rings. The van der Waals surface area contributed by atoms with Gasteiger partial charge < -0.3 is 29.6 Å². The van der Waals surface area contributed by atoms with Crippen molar-refractivity contribution in [3.63, 3.8) is 0 Å². The Morgan fingerprint density at radius 3 is 2.62 bits per heavy atom. The van der Waals surface area contributed by atoms with Crippen LogP contribution in [-0.4, -0.2) is 88.7 Å². The van der Waals surface area contributed by atoms with Gasteiger partial charge in [-0.25, -0.2) is 19.3 Å². The minimum Gasteiger partial charge on any atom is -0.461 e. The van der Waals surface area contributed by atoms with E-state index in [1.54, 1.807) is 16.2 Å². The third-order valence-corrected chi connectivity index (χ3v) is 12.0. The molecule has 3 aromatic heterocycles. The van der Waals surface area contributed by atoms with E-state index < -0.39 is 11.8 Å². The van der Waals surface area contributed by atoms with Crippen LogP contribution in [0.3, 0.4) is 0 Å². The second-order valence-corrected chi connectivity index (χ2v) is 14.9. The highest BCUT2D eigenvalue weighted by molar-refractivity contribution is 7.14.